The highest BCUT2D eigenvalue weighted by molar-refractivity contribution is 7.92. The summed E-state index contributed by atoms with van der Waals surface area (Å²) in [5.74, 6) is 0.105. The number of carbonyl (C=O) groups is 1. The molecule has 7 nitrogen and oxygen atoms in total. The molecule has 30 heavy (non-hydrogen) atoms. The van der Waals surface area contributed by atoms with Crippen LogP contribution in [0.1, 0.15) is 38.2 Å². The molecule has 2 aromatic carbocycles. The van der Waals surface area contributed by atoms with E-state index in [2.05, 4.69) is 10.5 Å². The standard InChI is InChI=1S/C22H27N3O4S/c1-3-29-20-12-14-21(15-13-20)30(27,28)25(19-10-8-17(2)9-11-19)16-22(26)24-23-18-6-4-5-7-18/h8-15H,3-7,16H2,1-2H3,(H,24,26). The van der Waals surface area contributed by atoms with Crippen molar-refractivity contribution in [3.63, 3.8) is 0 Å². The molecule has 1 amide bonds. The fourth-order valence-electron chi connectivity index (χ4n) is 3.23. The third-order valence-electron chi connectivity index (χ3n) is 4.85. The zero-order chi connectivity index (χ0) is 21.6. The molecule has 0 heterocycles. The number of hydrogen-bond acceptors (Lipinski definition) is 5. The van der Waals surface area contributed by atoms with Crippen LogP contribution < -0.4 is 14.5 Å². The molecule has 1 aliphatic rings. The van der Waals surface area contributed by atoms with Crippen molar-refractivity contribution in [2.45, 2.75) is 44.4 Å². The summed E-state index contributed by atoms with van der Waals surface area (Å²) < 4.78 is 33.2. The van der Waals surface area contributed by atoms with Gasteiger partial charge >= 0.3 is 0 Å². The van der Waals surface area contributed by atoms with E-state index in [0.717, 1.165) is 41.3 Å². The van der Waals surface area contributed by atoms with E-state index in [-0.39, 0.29) is 11.4 Å². The number of ether oxygens (including phenoxy) is 1. The van der Waals surface area contributed by atoms with E-state index in [1.54, 1.807) is 24.3 Å². The van der Waals surface area contributed by atoms with Gasteiger partial charge in [-0.1, -0.05) is 17.7 Å². The second-order valence-corrected chi connectivity index (χ2v) is 9.03. The molecule has 2 aromatic rings. The lowest BCUT2D eigenvalue weighted by atomic mass is 10.2. The van der Waals surface area contributed by atoms with Crippen LogP contribution in [0.2, 0.25) is 0 Å². The first kappa shape index (κ1) is 21.8. The van der Waals surface area contributed by atoms with Crippen molar-refractivity contribution in [1.82, 2.24) is 5.43 Å². The minimum absolute atomic E-state index is 0.0847. The van der Waals surface area contributed by atoms with Gasteiger partial charge in [0, 0.05) is 5.71 Å². The van der Waals surface area contributed by atoms with Gasteiger partial charge in [-0.3, -0.25) is 9.10 Å². The Kier molecular flexibility index (Phi) is 7.10. The van der Waals surface area contributed by atoms with Crippen molar-refractivity contribution in [3.05, 3.63) is 54.1 Å². The Balaban J connectivity index is 1.87. The van der Waals surface area contributed by atoms with Crippen LogP contribution in [0.15, 0.2) is 58.5 Å². The van der Waals surface area contributed by atoms with Gasteiger partial charge in [-0.2, -0.15) is 5.10 Å². The maximum atomic E-state index is 13.4. The third kappa shape index (κ3) is 5.38. The number of amides is 1. The van der Waals surface area contributed by atoms with Crippen molar-refractivity contribution < 1.29 is 17.9 Å². The van der Waals surface area contributed by atoms with Crippen LogP contribution in [0, 0.1) is 6.92 Å². The average molecular weight is 430 g/mol. The molecule has 1 fully saturated rings. The van der Waals surface area contributed by atoms with Crippen molar-refractivity contribution in [3.8, 4) is 5.75 Å². The van der Waals surface area contributed by atoms with E-state index >= 15 is 0 Å². The fraction of sp³-hybridized carbons (Fsp3) is 0.364. The Morgan fingerprint density at radius 1 is 1.07 bits per heavy atom. The maximum absolute atomic E-state index is 13.4. The number of nitrogens with one attached hydrogen (secondary N) is 1. The minimum Gasteiger partial charge on any atom is -0.494 e. The molecule has 0 unspecified atom stereocenters. The largest absolute Gasteiger partial charge is 0.494 e. The Morgan fingerprint density at radius 2 is 1.70 bits per heavy atom. The number of nitrogens with zero attached hydrogens (tertiary/aromatic N) is 2. The summed E-state index contributed by atoms with van der Waals surface area (Å²) in [4.78, 5) is 12.6. The van der Waals surface area contributed by atoms with Gasteiger partial charge in [-0.05, 0) is 75.9 Å². The van der Waals surface area contributed by atoms with Crippen LogP contribution >= 0.6 is 0 Å². The van der Waals surface area contributed by atoms with E-state index in [9.17, 15) is 13.2 Å². The molecule has 0 spiro atoms. The van der Waals surface area contributed by atoms with Crippen molar-refractivity contribution in [1.29, 1.82) is 0 Å². The SMILES string of the molecule is CCOc1ccc(S(=O)(=O)N(CC(=O)NN=C2CCCC2)c2ccc(C)cc2)cc1. The molecule has 1 saturated carbocycles. The summed E-state index contributed by atoms with van der Waals surface area (Å²) in [6.45, 7) is 3.90. The van der Waals surface area contributed by atoms with Gasteiger partial charge in [-0.15, -0.1) is 0 Å². The number of rotatable bonds is 8. The molecular weight excluding hydrogens is 402 g/mol. The lowest BCUT2D eigenvalue weighted by Gasteiger charge is -2.24. The number of hydrogen-bond donors (Lipinski definition) is 1. The highest BCUT2D eigenvalue weighted by atomic mass is 32.2. The monoisotopic (exact) mass is 429 g/mol. The summed E-state index contributed by atoms with van der Waals surface area (Å²) in [7, 11) is -3.96. The van der Waals surface area contributed by atoms with E-state index in [0.29, 0.717) is 18.0 Å². The first-order chi connectivity index (χ1) is 14.4. The third-order valence-corrected chi connectivity index (χ3v) is 6.64. The highest BCUT2D eigenvalue weighted by Gasteiger charge is 2.27. The molecule has 0 bridgehead atoms. The second-order valence-electron chi connectivity index (χ2n) is 7.17. The molecule has 0 atom stereocenters. The van der Waals surface area contributed by atoms with Gasteiger partial charge in [0.15, 0.2) is 0 Å². The van der Waals surface area contributed by atoms with Gasteiger partial charge in [0.2, 0.25) is 0 Å². The van der Waals surface area contributed by atoms with Crippen LogP contribution in [0.4, 0.5) is 5.69 Å². The van der Waals surface area contributed by atoms with Crippen LogP contribution in [0.3, 0.4) is 0 Å². The van der Waals surface area contributed by atoms with Crippen LogP contribution in [-0.2, 0) is 14.8 Å². The van der Waals surface area contributed by atoms with Crippen LogP contribution in [-0.4, -0.2) is 33.2 Å². The molecule has 1 N–H and O–H groups in total. The predicted octanol–water partition coefficient (Wildman–Crippen LogP) is 3.64. The molecule has 0 aromatic heterocycles. The Bertz CT molecular complexity index is 992. The average Bonchev–Trinajstić information content (AvgIpc) is 3.26. The Labute approximate surface area is 177 Å². The fourth-order valence-corrected chi connectivity index (χ4v) is 4.65. The second kappa shape index (κ2) is 9.75. The Hall–Kier alpha value is -2.87. The first-order valence-electron chi connectivity index (χ1n) is 10.1. The van der Waals surface area contributed by atoms with Crippen molar-refractivity contribution >= 4 is 27.3 Å². The number of anilines is 1. The van der Waals surface area contributed by atoms with Gasteiger partial charge in [0.25, 0.3) is 15.9 Å². The van der Waals surface area contributed by atoms with E-state index in [1.165, 1.54) is 12.1 Å². The number of aryl methyl sites for hydroxylation is 1. The number of benzene rings is 2. The zero-order valence-corrected chi connectivity index (χ0v) is 18.1. The van der Waals surface area contributed by atoms with Gasteiger partial charge in [0.1, 0.15) is 12.3 Å². The molecule has 0 radical (unpaired) electrons. The first-order valence-corrected chi connectivity index (χ1v) is 11.5. The van der Waals surface area contributed by atoms with Crippen molar-refractivity contribution in [2.75, 3.05) is 17.5 Å². The molecular formula is C22H27N3O4S. The van der Waals surface area contributed by atoms with E-state index in [4.69, 9.17) is 4.74 Å². The normalized spacial score (nSPS) is 13.7. The van der Waals surface area contributed by atoms with Crippen LogP contribution in [0.25, 0.3) is 0 Å². The maximum Gasteiger partial charge on any atom is 0.264 e. The minimum atomic E-state index is -3.96. The summed E-state index contributed by atoms with van der Waals surface area (Å²) in [5.41, 5.74) is 4.86. The quantitative estimate of drug-likeness (QED) is 0.649. The zero-order valence-electron chi connectivity index (χ0n) is 17.3. The van der Waals surface area contributed by atoms with Crippen molar-refractivity contribution in [2.24, 2.45) is 5.10 Å². The van der Waals surface area contributed by atoms with E-state index < -0.39 is 15.9 Å². The molecule has 160 valence electrons. The topological polar surface area (TPSA) is 88.1 Å². The summed E-state index contributed by atoms with van der Waals surface area (Å²) >= 11 is 0. The summed E-state index contributed by atoms with van der Waals surface area (Å²) in [5, 5.41) is 4.15. The lowest BCUT2D eigenvalue weighted by molar-refractivity contribution is -0.119. The molecule has 1 aliphatic carbocycles. The van der Waals surface area contributed by atoms with Gasteiger partial charge in [-0.25, -0.2) is 13.8 Å². The van der Waals surface area contributed by atoms with Gasteiger partial charge in [0.05, 0.1) is 17.2 Å². The van der Waals surface area contributed by atoms with Gasteiger partial charge < -0.3 is 4.74 Å². The number of carbonyl (C=O) groups excluding carboxylic acids is 1. The number of sulfonamides is 1. The molecule has 3 rings (SSSR count). The smallest absolute Gasteiger partial charge is 0.264 e. The Morgan fingerprint density at radius 3 is 2.30 bits per heavy atom. The van der Waals surface area contributed by atoms with Crippen LogP contribution in [0.5, 0.6) is 5.75 Å². The summed E-state index contributed by atoms with van der Waals surface area (Å²) in [6, 6.07) is 13.2. The molecule has 0 aliphatic heterocycles. The summed E-state index contributed by atoms with van der Waals surface area (Å²) in [6.07, 6.45) is 3.87. The molecule has 8 heteroatoms. The number of hydrazone groups is 1. The lowest BCUT2D eigenvalue weighted by Crippen LogP contribution is -2.39. The highest BCUT2D eigenvalue weighted by Crippen LogP contribution is 2.25. The predicted molar refractivity (Wildman–Crippen MR) is 117 cm³/mol. The van der Waals surface area contributed by atoms with E-state index in [1.807, 2.05) is 26.0 Å². The molecule has 0 saturated heterocycles.